The molecule has 1 unspecified atom stereocenters. The van der Waals surface area contributed by atoms with Gasteiger partial charge < -0.3 is 26.6 Å². The van der Waals surface area contributed by atoms with Crippen LogP contribution in [0.1, 0.15) is 31.4 Å². The molecular formula is C28H36N4O5S. The van der Waals surface area contributed by atoms with Crippen LogP contribution in [0.25, 0.3) is 0 Å². The van der Waals surface area contributed by atoms with Gasteiger partial charge in [-0.3, -0.25) is 0 Å². The number of aryl methyl sites for hydroxylation is 1. The lowest BCUT2D eigenvalue weighted by Crippen LogP contribution is -2.57. The number of carbonyl (C=O) groups is 1. The van der Waals surface area contributed by atoms with Gasteiger partial charge in [-0.15, -0.1) is 0 Å². The average molecular weight is 541 g/mol. The zero-order chi connectivity index (χ0) is 27.7. The first kappa shape index (κ1) is 29.0. The Morgan fingerprint density at radius 3 is 2.16 bits per heavy atom. The Balaban J connectivity index is 1.91. The predicted octanol–water partition coefficient (Wildman–Crippen LogP) is 4.12. The number of nitrogen functional groups attached to an aromatic ring is 1. The fraction of sp³-hybridized carbons (Fsp3) is 0.321. The van der Waals surface area contributed by atoms with Crippen LogP contribution in [0.3, 0.4) is 0 Å². The number of benzene rings is 3. The number of hydrogen-bond donors (Lipinski definition) is 5. The molecular weight excluding hydrogens is 504 g/mol. The van der Waals surface area contributed by atoms with Crippen LogP contribution in [0, 0.1) is 5.92 Å². The van der Waals surface area contributed by atoms with Crippen LogP contribution < -0.4 is 16.4 Å². The van der Waals surface area contributed by atoms with Gasteiger partial charge in [0, 0.05) is 13.1 Å². The monoisotopic (exact) mass is 540 g/mol. The van der Waals surface area contributed by atoms with Crippen LogP contribution >= 0.6 is 0 Å². The molecule has 3 aromatic rings. The zero-order valence-electron chi connectivity index (χ0n) is 21.6. The largest absolute Gasteiger partial charge is 0.465 e. The minimum absolute atomic E-state index is 0.00711. The first-order chi connectivity index (χ1) is 18.1. The van der Waals surface area contributed by atoms with Gasteiger partial charge in [-0.1, -0.05) is 74.5 Å². The van der Waals surface area contributed by atoms with Gasteiger partial charge in [-0.05, 0) is 48.1 Å². The topological polar surface area (TPSA) is 145 Å². The Hall–Kier alpha value is -3.60. The Morgan fingerprint density at radius 1 is 0.974 bits per heavy atom. The molecule has 3 rings (SSSR count). The van der Waals surface area contributed by atoms with Crippen LogP contribution in [-0.2, 0) is 23.0 Å². The number of nitrogens with one attached hydrogen (secondary N) is 2. The van der Waals surface area contributed by atoms with Crippen molar-refractivity contribution < 1.29 is 23.4 Å². The number of carboxylic acid groups (broad SMARTS) is 1. The van der Waals surface area contributed by atoms with E-state index in [0.717, 1.165) is 15.4 Å². The first-order valence-corrected chi connectivity index (χ1v) is 13.9. The minimum Gasteiger partial charge on any atom is -0.465 e. The van der Waals surface area contributed by atoms with Crippen LogP contribution in [0.5, 0.6) is 0 Å². The molecule has 2 atom stereocenters. The maximum absolute atomic E-state index is 13.9. The van der Waals surface area contributed by atoms with Crippen molar-refractivity contribution in [2.24, 2.45) is 5.92 Å². The highest BCUT2D eigenvalue weighted by molar-refractivity contribution is 7.89. The van der Waals surface area contributed by atoms with E-state index in [2.05, 4.69) is 10.6 Å². The van der Waals surface area contributed by atoms with Crippen LogP contribution in [-0.4, -0.2) is 47.8 Å². The standard InChI is InChI=1S/C28H36N4O5S/c1-20(2)19-32(27(31-28(34)35)26(33)16-13-21-9-5-3-6-10-21)38(36,37)23-14-15-24(29)25(17-23)30-18-22-11-7-4-8-12-22/h3-12,14-15,17,20,26-27,30-31,33H,13,16,18-19,29H2,1-2H3,(H,34,35)/t26-,27?/m1/s1. The molecule has 0 fully saturated rings. The van der Waals surface area contributed by atoms with Gasteiger partial charge in [-0.25, -0.2) is 13.2 Å². The number of nitrogens with zero attached hydrogens (tertiary/aromatic N) is 1. The van der Waals surface area contributed by atoms with Crippen LogP contribution in [0.15, 0.2) is 83.8 Å². The molecule has 204 valence electrons. The molecule has 3 aromatic carbocycles. The number of hydrogen-bond acceptors (Lipinski definition) is 6. The number of aliphatic hydroxyl groups is 1. The van der Waals surface area contributed by atoms with Gasteiger partial charge >= 0.3 is 6.09 Å². The number of anilines is 2. The summed E-state index contributed by atoms with van der Waals surface area (Å²) in [5.74, 6) is -0.145. The van der Waals surface area contributed by atoms with Gasteiger partial charge in [0.15, 0.2) is 0 Å². The van der Waals surface area contributed by atoms with Crippen molar-refractivity contribution in [2.75, 3.05) is 17.6 Å². The molecule has 0 aliphatic carbocycles. The Labute approximate surface area is 224 Å². The van der Waals surface area contributed by atoms with Crippen molar-refractivity contribution in [3.8, 4) is 0 Å². The van der Waals surface area contributed by atoms with Crippen LogP contribution in [0.4, 0.5) is 16.2 Å². The summed E-state index contributed by atoms with van der Waals surface area (Å²) in [5, 5.41) is 26.0. The predicted molar refractivity (Wildman–Crippen MR) is 149 cm³/mol. The summed E-state index contributed by atoms with van der Waals surface area (Å²) in [5.41, 5.74) is 8.88. The fourth-order valence-corrected chi connectivity index (χ4v) is 5.87. The first-order valence-electron chi connectivity index (χ1n) is 12.5. The van der Waals surface area contributed by atoms with Gasteiger partial charge in [0.05, 0.1) is 22.4 Å². The van der Waals surface area contributed by atoms with E-state index in [-0.39, 0.29) is 23.8 Å². The van der Waals surface area contributed by atoms with Gasteiger partial charge in [0.25, 0.3) is 0 Å². The van der Waals surface area contributed by atoms with Crippen molar-refractivity contribution in [1.29, 1.82) is 0 Å². The SMILES string of the molecule is CC(C)CN(C(NC(=O)O)[C@H](O)CCc1ccccc1)S(=O)(=O)c1ccc(N)c(NCc2ccccc2)c1. The maximum atomic E-state index is 13.9. The molecule has 0 saturated heterocycles. The molecule has 0 aromatic heterocycles. The number of aliphatic hydroxyl groups excluding tert-OH is 1. The van der Waals surface area contributed by atoms with E-state index in [0.29, 0.717) is 24.3 Å². The summed E-state index contributed by atoms with van der Waals surface area (Å²) >= 11 is 0. The molecule has 0 heterocycles. The van der Waals surface area contributed by atoms with E-state index in [9.17, 15) is 23.4 Å². The molecule has 6 N–H and O–H groups in total. The van der Waals surface area contributed by atoms with Crippen molar-refractivity contribution >= 4 is 27.5 Å². The second-order valence-electron chi connectivity index (χ2n) is 9.54. The third-order valence-electron chi connectivity index (χ3n) is 6.02. The molecule has 0 saturated carbocycles. The molecule has 0 spiro atoms. The summed E-state index contributed by atoms with van der Waals surface area (Å²) < 4.78 is 28.9. The van der Waals surface area contributed by atoms with E-state index in [1.165, 1.54) is 18.2 Å². The summed E-state index contributed by atoms with van der Waals surface area (Å²) in [4.78, 5) is 11.6. The third-order valence-corrected chi connectivity index (χ3v) is 7.86. The maximum Gasteiger partial charge on any atom is 0.406 e. The summed E-state index contributed by atoms with van der Waals surface area (Å²) in [6.45, 7) is 4.08. The molecule has 0 radical (unpaired) electrons. The average Bonchev–Trinajstić information content (AvgIpc) is 2.89. The fourth-order valence-electron chi connectivity index (χ4n) is 4.10. The van der Waals surface area contributed by atoms with E-state index >= 15 is 0 Å². The van der Waals surface area contributed by atoms with Crippen molar-refractivity contribution in [3.05, 3.63) is 90.0 Å². The quantitative estimate of drug-likeness (QED) is 0.162. The second kappa shape index (κ2) is 13.3. The number of nitrogens with two attached hydrogens (primary N) is 1. The Morgan fingerprint density at radius 2 is 1.58 bits per heavy atom. The Bertz CT molecular complexity index is 1290. The molecule has 0 aliphatic heterocycles. The third kappa shape index (κ3) is 7.95. The molecule has 10 heteroatoms. The molecule has 0 bridgehead atoms. The summed E-state index contributed by atoms with van der Waals surface area (Å²) in [6, 6.07) is 23.3. The lowest BCUT2D eigenvalue weighted by atomic mass is 10.0. The van der Waals surface area contributed by atoms with Crippen molar-refractivity contribution in [3.63, 3.8) is 0 Å². The van der Waals surface area contributed by atoms with Gasteiger partial charge in [0.2, 0.25) is 10.0 Å². The van der Waals surface area contributed by atoms with E-state index in [4.69, 9.17) is 5.73 Å². The van der Waals surface area contributed by atoms with Crippen LogP contribution in [0.2, 0.25) is 0 Å². The second-order valence-corrected chi connectivity index (χ2v) is 11.4. The van der Waals surface area contributed by atoms with Gasteiger partial charge in [0.1, 0.15) is 6.17 Å². The summed E-state index contributed by atoms with van der Waals surface area (Å²) in [6.07, 6.45) is -3.50. The van der Waals surface area contributed by atoms with Crippen molar-refractivity contribution in [2.45, 2.75) is 50.4 Å². The minimum atomic E-state index is -4.24. The van der Waals surface area contributed by atoms with E-state index < -0.39 is 28.4 Å². The Kier molecular flexibility index (Phi) is 10.1. The normalized spacial score (nSPS) is 13.3. The number of rotatable bonds is 13. The molecule has 38 heavy (non-hydrogen) atoms. The highest BCUT2D eigenvalue weighted by Crippen LogP contribution is 2.28. The number of amides is 1. The van der Waals surface area contributed by atoms with E-state index in [1.54, 1.807) is 0 Å². The highest BCUT2D eigenvalue weighted by atomic mass is 32.2. The molecule has 9 nitrogen and oxygen atoms in total. The molecule has 0 aliphatic rings. The van der Waals surface area contributed by atoms with Gasteiger partial charge in [-0.2, -0.15) is 4.31 Å². The zero-order valence-corrected chi connectivity index (χ0v) is 22.4. The molecule has 1 amide bonds. The van der Waals surface area contributed by atoms with Crippen molar-refractivity contribution in [1.82, 2.24) is 9.62 Å². The number of sulfonamides is 1. The lowest BCUT2D eigenvalue weighted by molar-refractivity contribution is 0.0590. The van der Waals surface area contributed by atoms with E-state index in [1.807, 2.05) is 74.5 Å². The smallest absolute Gasteiger partial charge is 0.406 e. The summed E-state index contributed by atoms with van der Waals surface area (Å²) in [7, 11) is -4.24. The highest BCUT2D eigenvalue weighted by Gasteiger charge is 2.37. The lowest BCUT2D eigenvalue weighted by Gasteiger charge is -2.35.